The lowest BCUT2D eigenvalue weighted by molar-refractivity contribution is -0.697. The second kappa shape index (κ2) is 30.0. The van der Waals surface area contributed by atoms with Gasteiger partial charge in [0, 0.05) is 25.0 Å². The fourth-order valence-electron chi connectivity index (χ4n) is 5.55. The van der Waals surface area contributed by atoms with Crippen LogP contribution in [-0.2, 0) is 11.3 Å². The van der Waals surface area contributed by atoms with Gasteiger partial charge in [-0.15, -0.1) is 0 Å². The number of amides is 1. The number of nitrogens with zero attached hydrogens (tertiary/aromatic N) is 1. The molecule has 0 aromatic carbocycles. The van der Waals surface area contributed by atoms with Crippen LogP contribution in [0.2, 0.25) is 0 Å². The minimum Gasteiger partial charge on any atom is -1.00 e. The zero-order valence-corrected chi connectivity index (χ0v) is 28.5. The van der Waals surface area contributed by atoms with Gasteiger partial charge in [0.05, 0.1) is 18.8 Å². The molecule has 1 amide bonds. The fourth-order valence-corrected chi connectivity index (χ4v) is 5.55. The highest BCUT2D eigenvalue weighted by atomic mass is 79.9. The topological polar surface area (TPSA) is 93.7 Å². The van der Waals surface area contributed by atoms with E-state index in [1.807, 2.05) is 6.07 Å². The molecule has 42 heavy (non-hydrogen) atoms. The molecule has 0 aliphatic heterocycles. The van der Waals surface area contributed by atoms with E-state index < -0.39 is 18.2 Å². The number of aromatic nitrogens is 1. The van der Waals surface area contributed by atoms with Crippen molar-refractivity contribution in [1.82, 2.24) is 5.32 Å². The summed E-state index contributed by atoms with van der Waals surface area (Å²) in [6.07, 6.45) is 28.6. The Labute approximate surface area is 268 Å². The number of rotatable bonds is 29. The van der Waals surface area contributed by atoms with Crippen molar-refractivity contribution in [2.75, 3.05) is 6.61 Å². The van der Waals surface area contributed by atoms with Gasteiger partial charge >= 0.3 is 0 Å². The molecule has 0 bridgehead atoms. The Morgan fingerprint density at radius 1 is 0.667 bits per heavy atom. The van der Waals surface area contributed by atoms with Crippen molar-refractivity contribution in [2.45, 2.75) is 179 Å². The number of carbonyl (C=O) groups is 1. The SMILES string of the molecule is CCCCCCCCCCCCCC[C@@H](O)[C@H](O)[C@H](CO)NC(=O)CCCCCCCCCCC[n+]1ccccc1.[Br-]. The van der Waals surface area contributed by atoms with E-state index in [1.165, 1.54) is 96.3 Å². The van der Waals surface area contributed by atoms with Gasteiger partial charge in [-0.3, -0.25) is 4.79 Å². The maximum absolute atomic E-state index is 12.3. The molecule has 7 heteroatoms. The van der Waals surface area contributed by atoms with Crippen molar-refractivity contribution in [1.29, 1.82) is 0 Å². The van der Waals surface area contributed by atoms with Gasteiger partial charge in [-0.25, -0.2) is 4.57 Å². The Morgan fingerprint density at radius 3 is 1.62 bits per heavy atom. The summed E-state index contributed by atoms with van der Waals surface area (Å²) in [5.74, 6) is -0.156. The summed E-state index contributed by atoms with van der Waals surface area (Å²) in [5.41, 5.74) is 0. The number of aryl methyl sites for hydroxylation is 1. The van der Waals surface area contributed by atoms with E-state index in [9.17, 15) is 20.1 Å². The van der Waals surface area contributed by atoms with Crippen LogP contribution < -0.4 is 26.9 Å². The third kappa shape index (κ3) is 23.4. The molecular formula is C35H65BrN2O4. The van der Waals surface area contributed by atoms with Crippen molar-refractivity contribution >= 4 is 5.91 Å². The minimum absolute atomic E-state index is 0. The Morgan fingerprint density at radius 2 is 1.12 bits per heavy atom. The highest BCUT2D eigenvalue weighted by Crippen LogP contribution is 2.15. The summed E-state index contributed by atoms with van der Waals surface area (Å²) in [6, 6.07) is 5.38. The third-order valence-electron chi connectivity index (χ3n) is 8.30. The molecule has 0 saturated heterocycles. The Balaban J connectivity index is 0.0000168. The van der Waals surface area contributed by atoms with Crippen molar-refractivity contribution in [3.63, 3.8) is 0 Å². The zero-order chi connectivity index (χ0) is 29.8. The maximum atomic E-state index is 12.3. The lowest BCUT2D eigenvalue weighted by Gasteiger charge is -2.26. The summed E-state index contributed by atoms with van der Waals surface area (Å²) >= 11 is 0. The van der Waals surface area contributed by atoms with E-state index in [4.69, 9.17) is 0 Å². The average Bonchev–Trinajstić information content (AvgIpc) is 2.99. The second-order valence-electron chi connectivity index (χ2n) is 12.1. The van der Waals surface area contributed by atoms with Gasteiger partial charge in [-0.2, -0.15) is 0 Å². The van der Waals surface area contributed by atoms with Gasteiger partial charge < -0.3 is 37.6 Å². The summed E-state index contributed by atoms with van der Waals surface area (Å²) < 4.78 is 2.24. The molecule has 0 spiro atoms. The maximum Gasteiger partial charge on any atom is 0.220 e. The van der Waals surface area contributed by atoms with Gasteiger partial charge in [0.15, 0.2) is 12.4 Å². The molecule has 0 unspecified atom stereocenters. The first kappa shape index (κ1) is 41.0. The number of carbonyl (C=O) groups excluding carboxylic acids is 1. The van der Waals surface area contributed by atoms with Crippen LogP contribution in [0.4, 0.5) is 0 Å². The largest absolute Gasteiger partial charge is 1.00 e. The average molecular weight is 658 g/mol. The summed E-state index contributed by atoms with van der Waals surface area (Å²) in [4.78, 5) is 12.3. The van der Waals surface area contributed by atoms with Crippen LogP contribution in [0, 0.1) is 0 Å². The number of halogens is 1. The summed E-state index contributed by atoms with van der Waals surface area (Å²) in [6.45, 7) is 2.98. The Hall–Kier alpha value is -1.02. The number of aliphatic hydroxyl groups excluding tert-OH is 3. The molecule has 246 valence electrons. The Kier molecular flexibility index (Phi) is 29.3. The van der Waals surface area contributed by atoms with Crippen LogP contribution in [-0.4, -0.2) is 46.1 Å². The first-order chi connectivity index (χ1) is 20.1. The highest BCUT2D eigenvalue weighted by Gasteiger charge is 2.26. The van der Waals surface area contributed by atoms with Crippen LogP contribution in [0.1, 0.15) is 155 Å². The number of pyridine rings is 1. The summed E-state index contributed by atoms with van der Waals surface area (Å²) in [5, 5.41) is 33.3. The van der Waals surface area contributed by atoms with Gasteiger partial charge in [-0.1, -0.05) is 129 Å². The van der Waals surface area contributed by atoms with Crippen LogP contribution in [0.3, 0.4) is 0 Å². The number of hydrogen-bond donors (Lipinski definition) is 4. The lowest BCUT2D eigenvalue weighted by atomic mass is 9.99. The molecule has 6 nitrogen and oxygen atoms in total. The van der Waals surface area contributed by atoms with Crippen LogP contribution in [0.25, 0.3) is 0 Å². The minimum atomic E-state index is -1.14. The van der Waals surface area contributed by atoms with Gasteiger partial charge in [0.25, 0.3) is 0 Å². The molecule has 0 saturated carbocycles. The molecule has 1 aromatic heterocycles. The molecule has 0 aliphatic rings. The molecule has 3 atom stereocenters. The lowest BCUT2D eigenvalue weighted by Crippen LogP contribution is -3.00. The van der Waals surface area contributed by atoms with Crippen molar-refractivity contribution in [2.24, 2.45) is 0 Å². The normalized spacial score (nSPS) is 13.3. The molecular weight excluding hydrogens is 592 g/mol. The predicted octanol–water partition coefficient (Wildman–Crippen LogP) is 4.17. The molecule has 0 radical (unpaired) electrons. The van der Waals surface area contributed by atoms with Crippen molar-refractivity contribution in [3.8, 4) is 0 Å². The molecule has 0 aliphatic carbocycles. The predicted molar refractivity (Wildman–Crippen MR) is 170 cm³/mol. The molecule has 0 fully saturated rings. The van der Waals surface area contributed by atoms with E-state index >= 15 is 0 Å². The van der Waals surface area contributed by atoms with Gasteiger partial charge in [-0.05, 0) is 19.3 Å². The first-order valence-corrected chi connectivity index (χ1v) is 17.3. The van der Waals surface area contributed by atoms with Crippen molar-refractivity contribution < 1.29 is 41.7 Å². The van der Waals surface area contributed by atoms with Crippen LogP contribution >= 0.6 is 0 Å². The number of aliphatic hydroxyl groups is 3. The monoisotopic (exact) mass is 656 g/mol. The number of unbranched alkanes of at least 4 members (excludes halogenated alkanes) is 19. The fraction of sp³-hybridized carbons (Fsp3) is 0.829. The second-order valence-corrected chi connectivity index (χ2v) is 12.1. The van der Waals surface area contributed by atoms with E-state index in [0.717, 1.165) is 45.1 Å². The standard InChI is InChI=1S/C35H64N2O4.BrH/c1-2-3-4-5-6-7-8-9-11-14-17-21-26-33(39)35(41)32(31-38)36-34(40)27-22-18-15-12-10-13-16-19-23-28-37-29-24-20-25-30-37;/h20,24-25,29-30,32-33,35,38-39,41H,2-19,21-23,26-28,31H2,1H3;1H/t32-,33+,35+;/m0./s1. The van der Waals surface area contributed by atoms with Gasteiger partial charge in [0.1, 0.15) is 12.6 Å². The smallest absolute Gasteiger partial charge is 0.220 e. The van der Waals surface area contributed by atoms with Crippen molar-refractivity contribution in [3.05, 3.63) is 30.6 Å². The van der Waals surface area contributed by atoms with E-state index in [1.54, 1.807) is 0 Å². The highest BCUT2D eigenvalue weighted by molar-refractivity contribution is 5.76. The quantitative estimate of drug-likeness (QED) is 0.0769. The molecule has 1 aromatic rings. The number of nitrogens with one attached hydrogen (secondary N) is 1. The van der Waals surface area contributed by atoms with E-state index in [2.05, 4.69) is 41.3 Å². The van der Waals surface area contributed by atoms with Gasteiger partial charge in [0.2, 0.25) is 5.91 Å². The zero-order valence-electron chi connectivity index (χ0n) is 26.9. The summed E-state index contributed by atoms with van der Waals surface area (Å²) in [7, 11) is 0. The third-order valence-corrected chi connectivity index (χ3v) is 8.30. The van der Waals surface area contributed by atoms with Crippen LogP contribution in [0.15, 0.2) is 30.6 Å². The Bertz CT molecular complexity index is 709. The molecule has 4 N–H and O–H groups in total. The van der Waals surface area contributed by atoms with Crippen LogP contribution in [0.5, 0.6) is 0 Å². The first-order valence-electron chi connectivity index (χ1n) is 17.3. The molecule has 1 heterocycles. The molecule has 1 rings (SSSR count). The van der Waals surface area contributed by atoms with E-state index in [-0.39, 0.29) is 29.5 Å². The number of hydrogen-bond acceptors (Lipinski definition) is 4. The van der Waals surface area contributed by atoms with E-state index in [0.29, 0.717) is 12.8 Å².